The Kier molecular flexibility index (Phi) is 3.83. The zero-order valence-electron chi connectivity index (χ0n) is 11.9. The van der Waals surface area contributed by atoms with Crippen molar-refractivity contribution in [2.24, 2.45) is 11.8 Å². The molecule has 2 saturated heterocycles. The van der Waals surface area contributed by atoms with Crippen LogP contribution < -0.4 is 0 Å². The number of rotatable bonds is 3. The Morgan fingerprint density at radius 3 is 2.43 bits per heavy atom. The Hall–Kier alpha value is -2.02. The van der Waals surface area contributed by atoms with E-state index in [1.165, 1.54) is 19.5 Å². The van der Waals surface area contributed by atoms with Gasteiger partial charge in [0.1, 0.15) is 12.3 Å². The first-order chi connectivity index (χ1) is 10.2. The van der Waals surface area contributed by atoms with Crippen LogP contribution in [0.1, 0.15) is 10.5 Å². The summed E-state index contributed by atoms with van der Waals surface area (Å²) in [5, 5.41) is 0. The van der Waals surface area contributed by atoms with Gasteiger partial charge in [0.15, 0.2) is 0 Å². The predicted molar refractivity (Wildman–Crippen MR) is 73.4 cm³/mol. The third kappa shape index (κ3) is 2.73. The molecule has 0 aromatic carbocycles. The summed E-state index contributed by atoms with van der Waals surface area (Å²) in [4.78, 5) is 35.8. The number of fused-ring (bicyclic) bond motifs is 1. The van der Waals surface area contributed by atoms with Gasteiger partial charge in [0.2, 0.25) is 5.91 Å². The molecule has 21 heavy (non-hydrogen) atoms. The van der Waals surface area contributed by atoms with Crippen molar-refractivity contribution in [1.82, 2.24) is 19.8 Å². The monoisotopic (exact) mass is 290 g/mol. The summed E-state index contributed by atoms with van der Waals surface area (Å²) >= 11 is 0. The Balaban J connectivity index is 1.59. The Morgan fingerprint density at radius 1 is 1.19 bits per heavy atom. The minimum Gasteiger partial charge on any atom is -0.375 e. The van der Waals surface area contributed by atoms with Crippen LogP contribution >= 0.6 is 0 Å². The highest BCUT2D eigenvalue weighted by atomic mass is 16.5. The molecule has 0 spiro atoms. The van der Waals surface area contributed by atoms with Crippen LogP contribution in [0.15, 0.2) is 18.6 Å². The number of aromatic nitrogens is 2. The summed E-state index contributed by atoms with van der Waals surface area (Å²) in [5.41, 5.74) is 0.379. The molecule has 112 valence electrons. The van der Waals surface area contributed by atoms with Crippen molar-refractivity contribution >= 4 is 11.8 Å². The van der Waals surface area contributed by atoms with E-state index in [-0.39, 0.29) is 18.4 Å². The highest BCUT2D eigenvalue weighted by Crippen LogP contribution is 2.31. The summed E-state index contributed by atoms with van der Waals surface area (Å²) in [7, 11) is 1.52. The van der Waals surface area contributed by atoms with Crippen molar-refractivity contribution in [2.75, 3.05) is 39.9 Å². The number of likely N-dealkylation sites (tertiary alicyclic amines) is 2. The lowest BCUT2D eigenvalue weighted by atomic mass is 10.0. The maximum absolute atomic E-state index is 12.3. The molecule has 0 radical (unpaired) electrons. The SMILES string of the molecule is COCC(=O)N1C[C@@H]2CN(C(=O)c3cnccn3)C[C@@H]2C1. The molecule has 3 rings (SSSR count). The molecular weight excluding hydrogens is 272 g/mol. The molecule has 0 N–H and O–H groups in total. The van der Waals surface area contributed by atoms with E-state index >= 15 is 0 Å². The van der Waals surface area contributed by atoms with Gasteiger partial charge in [-0.05, 0) is 0 Å². The van der Waals surface area contributed by atoms with E-state index in [2.05, 4.69) is 9.97 Å². The maximum Gasteiger partial charge on any atom is 0.274 e. The molecule has 2 aliphatic rings. The van der Waals surface area contributed by atoms with Crippen LogP contribution in [-0.4, -0.2) is 71.5 Å². The van der Waals surface area contributed by atoms with E-state index in [9.17, 15) is 9.59 Å². The van der Waals surface area contributed by atoms with Crippen LogP contribution in [-0.2, 0) is 9.53 Å². The van der Waals surface area contributed by atoms with Gasteiger partial charge in [-0.3, -0.25) is 14.6 Å². The number of carbonyl (C=O) groups excluding carboxylic acids is 2. The Morgan fingerprint density at radius 2 is 1.86 bits per heavy atom. The molecule has 2 fully saturated rings. The molecule has 3 heterocycles. The van der Waals surface area contributed by atoms with Crippen molar-refractivity contribution in [3.05, 3.63) is 24.3 Å². The zero-order valence-corrected chi connectivity index (χ0v) is 11.9. The van der Waals surface area contributed by atoms with Gasteiger partial charge in [-0.1, -0.05) is 0 Å². The van der Waals surface area contributed by atoms with E-state index in [0.29, 0.717) is 43.7 Å². The number of amides is 2. The lowest BCUT2D eigenvalue weighted by molar-refractivity contribution is -0.134. The second-order valence-corrected chi connectivity index (χ2v) is 5.55. The molecular formula is C14H18N4O3. The predicted octanol–water partition coefficient (Wildman–Crippen LogP) is -0.347. The number of hydrogen-bond acceptors (Lipinski definition) is 5. The van der Waals surface area contributed by atoms with E-state index in [0.717, 1.165) is 0 Å². The highest BCUT2D eigenvalue weighted by molar-refractivity contribution is 5.92. The van der Waals surface area contributed by atoms with Crippen molar-refractivity contribution in [1.29, 1.82) is 0 Å². The van der Waals surface area contributed by atoms with Crippen molar-refractivity contribution < 1.29 is 14.3 Å². The van der Waals surface area contributed by atoms with Crippen LogP contribution in [0.2, 0.25) is 0 Å². The summed E-state index contributed by atoms with van der Waals surface area (Å²) in [6, 6.07) is 0. The molecule has 7 heteroatoms. The topological polar surface area (TPSA) is 75.6 Å². The molecule has 0 saturated carbocycles. The fourth-order valence-corrected chi connectivity index (χ4v) is 3.15. The van der Waals surface area contributed by atoms with Crippen molar-refractivity contribution in [2.45, 2.75) is 0 Å². The first kappa shape index (κ1) is 13.9. The van der Waals surface area contributed by atoms with E-state index in [4.69, 9.17) is 4.74 Å². The van der Waals surface area contributed by atoms with Crippen LogP contribution in [0.25, 0.3) is 0 Å². The fraction of sp³-hybridized carbons (Fsp3) is 0.571. The highest BCUT2D eigenvalue weighted by Gasteiger charge is 2.43. The number of nitrogens with zero attached hydrogens (tertiary/aromatic N) is 4. The molecule has 1 aromatic heterocycles. The molecule has 2 atom stereocenters. The van der Waals surface area contributed by atoms with Crippen LogP contribution in [0.3, 0.4) is 0 Å². The summed E-state index contributed by atoms with van der Waals surface area (Å²) < 4.78 is 4.88. The Bertz CT molecular complexity index is 522. The number of methoxy groups -OCH3 is 1. The molecule has 2 amide bonds. The fourth-order valence-electron chi connectivity index (χ4n) is 3.15. The first-order valence-corrected chi connectivity index (χ1v) is 7.01. The molecule has 0 unspecified atom stereocenters. The summed E-state index contributed by atoms with van der Waals surface area (Å²) in [6.45, 7) is 2.89. The minimum atomic E-state index is -0.0766. The van der Waals surface area contributed by atoms with E-state index in [1.807, 2.05) is 9.80 Å². The van der Waals surface area contributed by atoms with Crippen molar-refractivity contribution in [3.8, 4) is 0 Å². The van der Waals surface area contributed by atoms with Gasteiger partial charge in [0.25, 0.3) is 5.91 Å². The van der Waals surface area contributed by atoms with Crippen LogP contribution in [0, 0.1) is 11.8 Å². The van der Waals surface area contributed by atoms with E-state index < -0.39 is 0 Å². The number of carbonyl (C=O) groups is 2. The quantitative estimate of drug-likeness (QED) is 0.761. The number of ether oxygens (including phenoxy) is 1. The van der Waals surface area contributed by atoms with Gasteiger partial charge in [-0.2, -0.15) is 0 Å². The first-order valence-electron chi connectivity index (χ1n) is 7.01. The van der Waals surface area contributed by atoms with Gasteiger partial charge >= 0.3 is 0 Å². The maximum atomic E-state index is 12.3. The second kappa shape index (κ2) is 5.77. The average Bonchev–Trinajstić information content (AvgIpc) is 3.06. The van der Waals surface area contributed by atoms with Crippen LogP contribution in [0.5, 0.6) is 0 Å². The lowest BCUT2D eigenvalue weighted by Gasteiger charge is -2.21. The van der Waals surface area contributed by atoms with Crippen molar-refractivity contribution in [3.63, 3.8) is 0 Å². The van der Waals surface area contributed by atoms with Crippen LogP contribution in [0.4, 0.5) is 0 Å². The third-order valence-electron chi connectivity index (χ3n) is 4.18. The third-order valence-corrected chi connectivity index (χ3v) is 4.18. The zero-order chi connectivity index (χ0) is 14.8. The van der Waals surface area contributed by atoms with Gasteiger partial charge in [-0.25, -0.2) is 4.98 Å². The second-order valence-electron chi connectivity index (χ2n) is 5.55. The molecule has 7 nitrogen and oxygen atoms in total. The van der Waals surface area contributed by atoms with Gasteiger partial charge < -0.3 is 14.5 Å². The standard InChI is InChI=1S/C14H18N4O3/c1-21-9-13(19)17-5-10-7-18(8-11(10)6-17)14(20)12-4-15-2-3-16-12/h2-4,10-11H,5-9H2,1H3/t10-,11+. The number of hydrogen-bond donors (Lipinski definition) is 0. The normalized spacial score (nSPS) is 24.2. The minimum absolute atomic E-state index is 0.0266. The lowest BCUT2D eigenvalue weighted by Crippen LogP contribution is -2.37. The Labute approximate surface area is 122 Å². The summed E-state index contributed by atoms with van der Waals surface area (Å²) in [6.07, 6.45) is 4.56. The van der Waals surface area contributed by atoms with E-state index in [1.54, 1.807) is 6.20 Å². The van der Waals surface area contributed by atoms with Gasteiger partial charge in [0.05, 0.1) is 6.20 Å². The summed E-state index contributed by atoms with van der Waals surface area (Å²) in [5.74, 6) is 0.656. The van der Waals surface area contributed by atoms with Gasteiger partial charge in [-0.15, -0.1) is 0 Å². The molecule has 0 aliphatic carbocycles. The van der Waals surface area contributed by atoms with Gasteiger partial charge in [0, 0.05) is 57.5 Å². The largest absolute Gasteiger partial charge is 0.375 e. The average molecular weight is 290 g/mol. The molecule has 0 bridgehead atoms. The molecule has 1 aromatic rings. The smallest absolute Gasteiger partial charge is 0.274 e. The molecule has 2 aliphatic heterocycles.